The van der Waals surface area contributed by atoms with Crippen molar-refractivity contribution < 1.29 is 5.11 Å². The van der Waals surface area contributed by atoms with Gasteiger partial charge in [-0.15, -0.1) is 0 Å². The van der Waals surface area contributed by atoms with Crippen molar-refractivity contribution in [2.75, 3.05) is 6.54 Å². The van der Waals surface area contributed by atoms with Crippen LogP contribution in [0.3, 0.4) is 0 Å². The zero-order valence-corrected chi connectivity index (χ0v) is 10.6. The van der Waals surface area contributed by atoms with E-state index in [1.54, 1.807) is 0 Å². The summed E-state index contributed by atoms with van der Waals surface area (Å²) in [5.74, 6) is 0.705. The van der Waals surface area contributed by atoms with Crippen LogP contribution < -0.4 is 5.73 Å². The molecule has 0 aromatic heterocycles. The van der Waals surface area contributed by atoms with Crippen LogP contribution in [0.2, 0.25) is 0 Å². The Balaban J connectivity index is 3.19. The fourth-order valence-corrected chi connectivity index (χ4v) is 1.79. The number of benzene rings is 1. The van der Waals surface area contributed by atoms with E-state index in [9.17, 15) is 5.11 Å². The monoisotopic (exact) mass is 269 g/mol. The van der Waals surface area contributed by atoms with Crippen molar-refractivity contribution in [2.24, 2.45) is 5.73 Å². The topological polar surface area (TPSA) is 46.2 Å². The van der Waals surface area contributed by atoms with Gasteiger partial charge in [0.15, 0.2) is 0 Å². The number of hydrogen-bond donors (Lipinski definition) is 2. The van der Waals surface area contributed by atoms with Crippen molar-refractivity contribution in [3.05, 3.63) is 33.8 Å². The number of halogens is 1. The van der Waals surface area contributed by atoms with E-state index < -0.39 is 0 Å². The Morgan fingerprint density at radius 2 is 2.13 bits per heavy atom. The lowest BCUT2D eigenvalue weighted by molar-refractivity contribution is 0.470. The number of aromatic hydroxyl groups is 1. The molecule has 0 saturated heterocycles. The highest BCUT2D eigenvalue weighted by atomic mass is 79.9. The van der Waals surface area contributed by atoms with Gasteiger partial charge in [0.05, 0.1) is 4.47 Å². The Morgan fingerprint density at radius 3 is 2.67 bits per heavy atom. The molecule has 0 unspecified atom stereocenters. The van der Waals surface area contributed by atoms with Crippen molar-refractivity contribution in [1.82, 2.24) is 0 Å². The second-order valence-corrected chi connectivity index (χ2v) is 4.59. The summed E-state index contributed by atoms with van der Waals surface area (Å²) in [4.78, 5) is 0. The highest BCUT2D eigenvalue weighted by Crippen LogP contribution is 2.32. The van der Waals surface area contributed by atoms with Gasteiger partial charge in [-0.25, -0.2) is 0 Å². The molecule has 0 saturated carbocycles. The minimum Gasteiger partial charge on any atom is -0.506 e. The average molecular weight is 270 g/mol. The summed E-state index contributed by atoms with van der Waals surface area (Å²) in [5.41, 5.74) is 7.38. The first-order valence-corrected chi connectivity index (χ1v) is 5.74. The Morgan fingerprint density at radius 1 is 1.47 bits per heavy atom. The van der Waals surface area contributed by atoms with Gasteiger partial charge in [-0.2, -0.15) is 0 Å². The van der Waals surface area contributed by atoms with E-state index in [4.69, 9.17) is 5.73 Å². The van der Waals surface area contributed by atoms with Crippen molar-refractivity contribution in [3.8, 4) is 5.75 Å². The molecule has 0 spiro atoms. The average Bonchev–Trinajstić information content (AvgIpc) is 2.19. The predicted octanol–water partition coefficient (Wildman–Crippen LogP) is 3.25. The molecule has 82 valence electrons. The lowest BCUT2D eigenvalue weighted by atomic mass is 10.00. The first kappa shape index (κ1) is 12.3. The molecule has 0 radical (unpaired) electrons. The molecule has 1 rings (SSSR count). The van der Waals surface area contributed by atoms with Gasteiger partial charge in [-0.1, -0.05) is 26.0 Å². The molecule has 0 aliphatic carbocycles. The number of rotatable bonds is 3. The van der Waals surface area contributed by atoms with Gasteiger partial charge in [0, 0.05) is 12.1 Å². The maximum atomic E-state index is 9.79. The SMILES string of the molecule is CC(C)c1cc(Br)c(O)c(/C=C/CN)c1. The van der Waals surface area contributed by atoms with E-state index in [1.807, 2.05) is 24.3 Å². The van der Waals surface area contributed by atoms with Crippen LogP contribution in [0.4, 0.5) is 0 Å². The smallest absolute Gasteiger partial charge is 0.136 e. The predicted molar refractivity (Wildman–Crippen MR) is 68.0 cm³/mol. The minimum absolute atomic E-state index is 0.268. The summed E-state index contributed by atoms with van der Waals surface area (Å²) in [6.45, 7) is 4.72. The number of phenols is 1. The van der Waals surface area contributed by atoms with E-state index >= 15 is 0 Å². The summed E-state index contributed by atoms with van der Waals surface area (Å²) in [5, 5.41) is 9.79. The molecule has 15 heavy (non-hydrogen) atoms. The van der Waals surface area contributed by atoms with E-state index in [0.29, 0.717) is 12.5 Å². The number of hydrogen-bond acceptors (Lipinski definition) is 2. The van der Waals surface area contributed by atoms with Crippen LogP contribution in [-0.4, -0.2) is 11.7 Å². The van der Waals surface area contributed by atoms with Crippen molar-refractivity contribution >= 4 is 22.0 Å². The van der Waals surface area contributed by atoms with Crippen LogP contribution in [0.15, 0.2) is 22.7 Å². The molecule has 1 aromatic carbocycles. The van der Waals surface area contributed by atoms with Crippen molar-refractivity contribution in [3.63, 3.8) is 0 Å². The normalized spacial score (nSPS) is 11.5. The van der Waals surface area contributed by atoms with Crippen LogP contribution in [0, 0.1) is 0 Å². The highest BCUT2D eigenvalue weighted by Gasteiger charge is 2.07. The fourth-order valence-electron chi connectivity index (χ4n) is 1.30. The third-order valence-corrected chi connectivity index (χ3v) is 2.82. The Labute approximate surface area is 98.9 Å². The van der Waals surface area contributed by atoms with Gasteiger partial charge in [0.1, 0.15) is 5.75 Å². The quantitative estimate of drug-likeness (QED) is 0.885. The Bertz CT molecular complexity index is 372. The summed E-state index contributed by atoms with van der Waals surface area (Å²) >= 11 is 3.34. The van der Waals surface area contributed by atoms with Crippen molar-refractivity contribution in [1.29, 1.82) is 0 Å². The first-order valence-electron chi connectivity index (χ1n) is 4.95. The maximum Gasteiger partial charge on any atom is 0.136 e. The van der Waals surface area contributed by atoms with Crippen LogP contribution in [0.1, 0.15) is 30.9 Å². The highest BCUT2D eigenvalue weighted by molar-refractivity contribution is 9.10. The van der Waals surface area contributed by atoms with Gasteiger partial charge in [-0.05, 0) is 39.5 Å². The molecule has 0 aliphatic heterocycles. The van der Waals surface area contributed by atoms with Crippen LogP contribution in [0.25, 0.3) is 6.08 Å². The lowest BCUT2D eigenvalue weighted by Gasteiger charge is -2.09. The van der Waals surface area contributed by atoms with E-state index in [0.717, 1.165) is 10.0 Å². The van der Waals surface area contributed by atoms with Gasteiger partial charge >= 0.3 is 0 Å². The molecule has 3 N–H and O–H groups in total. The maximum absolute atomic E-state index is 9.79. The second kappa shape index (κ2) is 5.33. The van der Waals surface area contributed by atoms with Gasteiger partial charge in [-0.3, -0.25) is 0 Å². The number of nitrogens with two attached hydrogens (primary N) is 1. The van der Waals surface area contributed by atoms with Crippen LogP contribution in [0.5, 0.6) is 5.75 Å². The van der Waals surface area contributed by atoms with E-state index in [1.165, 1.54) is 5.56 Å². The third kappa shape index (κ3) is 3.08. The molecule has 0 atom stereocenters. The summed E-state index contributed by atoms with van der Waals surface area (Å²) < 4.78 is 0.727. The summed E-state index contributed by atoms with van der Waals surface area (Å²) in [6.07, 6.45) is 3.66. The van der Waals surface area contributed by atoms with Crippen LogP contribution >= 0.6 is 15.9 Å². The Hall–Kier alpha value is -0.800. The van der Waals surface area contributed by atoms with Crippen LogP contribution in [-0.2, 0) is 0 Å². The van der Waals surface area contributed by atoms with E-state index in [-0.39, 0.29) is 5.75 Å². The van der Waals surface area contributed by atoms with E-state index in [2.05, 4.69) is 29.8 Å². The molecule has 0 heterocycles. The molecule has 0 bridgehead atoms. The van der Waals surface area contributed by atoms with Crippen molar-refractivity contribution in [2.45, 2.75) is 19.8 Å². The Kier molecular flexibility index (Phi) is 4.36. The third-order valence-electron chi connectivity index (χ3n) is 2.22. The summed E-state index contributed by atoms with van der Waals surface area (Å²) in [6, 6.07) is 3.93. The lowest BCUT2D eigenvalue weighted by Crippen LogP contribution is -1.93. The molecular weight excluding hydrogens is 254 g/mol. The zero-order valence-electron chi connectivity index (χ0n) is 9.00. The number of phenolic OH excluding ortho intramolecular Hbond substituents is 1. The molecular formula is C12H16BrNO. The standard InChI is InChI=1S/C12H16BrNO/c1-8(2)10-6-9(4-3-5-14)12(15)11(13)7-10/h3-4,6-8,15H,5,14H2,1-2H3/b4-3+. The molecule has 1 aromatic rings. The minimum atomic E-state index is 0.268. The molecule has 0 fully saturated rings. The molecule has 0 amide bonds. The molecule has 0 aliphatic rings. The first-order chi connectivity index (χ1) is 7.06. The largest absolute Gasteiger partial charge is 0.506 e. The molecule has 2 nitrogen and oxygen atoms in total. The summed E-state index contributed by atoms with van der Waals surface area (Å²) in [7, 11) is 0. The second-order valence-electron chi connectivity index (χ2n) is 3.73. The van der Waals surface area contributed by atoms with Gasteiger partial charge < -0.3 is 10.8 Å². The zero-order chi connectivity index (χ0) is 11.4. The fraction of sp³-hybridized carbons (Fsp3) is 0.333. The van der Waals surface area contributed by atoms with Gasteiger partial charge in [0.2, 0.25) is 0 Å². The molecule has 3 heteroatoms. The van der Waals surface area contributed by atoms with Gasteiger partial charge in [0.25, 0.3) is 0 Å².